The monoisotopic (exact) mass is 275 g/mol. The first-order valence-corrected chi connectivity index (χ1v) is 6.45. The molecule has 1 heterocycles. The average molecular weight is 276 g/mol. The van der Waals surface area contributed by atoms with E-state index in [4.69, 9.17) is 23.2 Å². The molecule has 0 atom stereocenters. The van der Waals surface area contributed by atoms with Crippen molar-refractivity contribution in [3.8, 4) is 0 Å². The lowest BCUT2D eigenvalue weighted by atomic mass is 10.2. The molecule has 0 spiro atoms. The number of carbonyl (C=O) groups excluding carboxylic acids is 1. The quantitative estimate of drug-likeness (QED) is 0.613. The number of halogens is 2. The van der Waals surface area contributed by atoms with Crippen LogP contribution in [-0.2, 0) is 4.79 Å². The minimum Gasteiger partial charge on any atom is -0.288 e. The van der Waals surface area contributed by atoms with E-state index in [-0.39, 0.29) is 5.12 Å². The topological polar surface area (TPSA) is 30.0 Å². The Morgan fingerprint density at radius 1 is 1.56 bits per heavy atom. The fourth-order valence-electron chi connectivity index (χ4n) is 1.04. The number of hydrogen-bond acceptors (Lipinski definition) is 3. The molecule has 0 aliphatic carbocycles. The second-order valence-electron chi connectivity index (χ2n) is 3.04. The third-order valence-electron chi connectivity index (χ3n) is 1.76. The zero-order chi connectivity index (χ0) is 12.0. The van der Waals surface area contributed by atoms with E-state index in [1.807, 2.05) is 12.2 Å². The van der Waals surface area contributed by atoms with Crippen molar-refractivity contribution in [1.29, 1.82) is 0 Å². The molecule has 1 aromatic rings. The Bertz CT molecular complexity index is 407. The summed E-state index contributed by atoms with van der Waals surface area (Å²) in [6.07, 6.45) is 6.28. The van der Waals surface area contributed by atoms with Crippen molar-refractivity contribution in [3.63, 3.8) is 0 Å². The molecule has 2 nitrogen and oxygen atoms in total. The van der Waals surface area contributed by atoms with Gasteiger partial charge < -0.3 is 0 Å². The molecule has 86 valence electrons. The summed E-state index contributed by atoms with van der Waals surface area (Å²) in [6, 6.07) is 1.79. The van der Waals surface area contributed by atoms with Gasteiger partial charge in [0.05, 0.1) is 5.02 Å². The van der Waals surface area contributed by atoms with Gasteiger partial charge in [-0.1, -0.05) is 47.1 Å². The summed E-state index contributed by atoms with van der Waals surface area (Å²) in [5, 5.41) is 0.903. The molecule has 0 saturated carbocycles. The maximum absolute atomic E-state index is 10.7. The first-order chi connectivity index (χ1) is 7.61. The van der Waals surface area contributed by atoms with Crippen LogP contribution in [0.15, 0.2) is 18.3 Å². The Balaban J connectivity index is 2.50. The molecule has 0 unspecified atom stereocenters. The number of nitrogens with zero attached hydrogens (tertiary/aromatic N) is 1. The van der Waals surface area contributed by atoms with Crippen LogP contribution < -0.4 is 0 Å². The summed E-state index contributed by atoms with van der Waals surface area (Å²) in [6.45, 7) is 1.56. The van der Waals surface area contributed by atoms with E-state index >= 15 is 0 Å². The number of aromatic nitrogens is 1. The third kappa shape index (κ3) is 4.56. The van der Waals surface area contributed by atoms with Crippen LogP contribution in [0.5, 0.6) is 0 Å². The zero-order valence-corrected chi connectivity index (χ0v) is 11.1. The van der Waals surface area contributed by atoms with Gasteiger partial charge in [0.15, 0.2) is 5.12 Å². The van der Waals surface area contributed by atoms with Gasteiger partial charge in [-0.05, 0) is 18.1 Å². The predicted molar refractivity (Wildman–Crippen MR) is 71.0 cm³/mol. The smallest absolute Gasteiger partial charge is 0.185 e. The van der Waals surface area contributed by atoms with Gasteiger partial charge in [-0.15, -0.1) is 0 Å². The van der Waals surface area contributed by atoms with Gasteiger partial charge in [0.2, 0.25) is 0 Å². The molecule has 0 amide bonds. The number of carbonyl (C=O) groups is 1. The number of allylic oxidation sites excluding steroid dienone is 1. The van der Waals surface area contributed by atoms with Crippen molar-refractivity contribution in [2.75, 3.05) is 5.75 Å². The fraction of sp³-hybridized carbons (Fsp3) is 0.273. The summed E-state index contributed by atoms with van der Waals surface area (Å²) in [7, 11) is 0. The van der Waals surface area contributed by atoms with E-state index in [9.17, 15) is 4.79 Å². The molecular weight excluding hydrogens is 265 g/mol. The molecule has 0 N–H and O–H groups in total. The van der Waals surface area contributed by atoms with Crippen LogP contribution in [0, 0.1) is 0 Å². The maximum atomic E-state index is 10.7. The third-order valence-corrected chi connectivity index (χ3v) is 3.39. The highest BCUT2D eigenvalue weighted by Gasteiger charge is 2.01. The second-order valence-corrected chi connectivity index (χ2v) is 5.04. The fourth-order valence-corrected chi connectivity index (χ4v) is 1.92. The molecule has 0 aliphatic heterocycles. The van der Waals surface area contributed by atoms with Crippen molar-refractivity contribution in [2.24, 2.45) is 0 Å². The van der Waals surface area contributed by atoms with Gasteiger partial charge in [-0.3, -0.25) is 4.79 Å². The summed E-state index contributed by atoms with van der Waals surface area (Å²) in [5.41, 5.74) is 0.842. The van der Waals surface area contributed by atoms with Crippen molar-refractivity contribution in [2.45, 2.75) is 13.3 Å². The lowest BCUT2D eigenvalue weighted by Gasteiger charge is -1.98. The Morgan fingerprint density at radius 3 is 3.00 bits per heavy atom. The van der Waals surface area contributed by atoms with Gasteiger partial charge >= 0.3 is 0 Å². The molecule has 0 aromatic carbocycles. The van der Waals surface area contributed by atoms with Crippen molar-refractivity contribution in [3.05, 3.63) is 34.1 Å². The molecule has 0 radical (unpaired) electrons. The summed E-state index contributed by atoms with van der Waals surface area (Å²) < 4.78 is 0. The first-order valence-electron chi connectivity index (χ1n) is 4.71. The van der Waals surface area contributed by atoms with Crippen LogP contribution in [0.2, 0.25) is 10.2 Å². The second kappa shape index (κ2) is 6.94. The SMILES string of the molecule is CC(=O)SCCC=Cc1ccnc(Cl)c1Cl. The van der Waals surface area contributed by atoms with Gasteiger partial charge in [-0.25, -0.2) is 4.98 Å². The standard InChI is InChI=1S/C11H11Cl2NOS/c1-8(15)16-7-3-2-4-9-5-6-14-11(13)10(9)12/h2,4-6H,3,7H2,1H3. The number of rotatable bonds is 4. The molecule has 0 aliphatic rings. The Hall–Kier alpha value is -0.510. The molecular formula is C11H11Cl2NOS. The zero-order valence-electron chi connectivity index (χ0n) is 8.74. The Labute approximate surface area is 109 Å². The predicted octanol–water partition coefficient (Wildman–Crippen LogP) is 4.07. The molecule has 16 heavy (non-hydrogen) atoms. The minimum absolute atomic E-state index is 0.137. The highest BCUT2D eigenvalue weighted by molar-refractivity contribution is 8.13. The molecule has 1 rings (SSSR count). The van der Waals surface area contributed by atoms with E-state index in [1.165, 1.54) is 11.8 Å². The van der Waals surface area contributed by atoms with E-state index < -0.39 is 0 Å². The number of thioether (sulfide) groups is 1. The van der Waals surface area contributed by atoms with Crippen molar-refractivity contribution in [1.82, 2.24) is 4.98 Å². The normalized spacial score (nSPS) is 10.9. The lowest BCUT2D eigenvalue weighted by molar-refractivity contribution is -0.109. The van der Waals surface area contributed by atoms with Crippen LogP contribution in [0.25, 0.3) is 6.08 Å². The Morgan fingerprint density at radius 2 is 2.31 bits per heavy atom. The van der Waals surface area contributed by atoms with Crippen molar-refractivity contribution >= 4 is 46.2 Å². The summed E-state index contributed by atoms with van der Waals surface area (Å²) in [4.78, 5) is 14.5. The van der Waals surface area contributed by atoms with Gasteiger partial charge in [0.1, 0.15) is 5.15 Å². The summed E-state index contributed by atoms with van der Waals surface area (Å²) in [5.74, 6) is 0.780. The van der Waals surface area contributed by atoms with E-state index in [1.54, 1.807) is 19.2 Å². The largest absolute Gasteiger partial charge is 0.288 e. The first kappa shape index (κ1) is 13.6. The van der Waals surface area contributed by atoms with E-state index in [0.29, 0.717) is 10.2 Å². The van der Waals surface area contributed by atoms with E-state index in [2.05, 4.69) is 4.98 Å². The van der Waals surface area contributed by atoms with E-state index in [0.717, 1.165) is 17.7 Å². The molecule has 0 fully saturated rings. The average Bonchev–Trinajstić information content (AvgIpc) is 2.23. The Kier molecular flexibility index (Phi) is 5.88. The molecule has 0 bridgehead atoms. The molecule has 1 aromatic heterocycles. The summed E-state index contributed by atoms with van der Waals surface area (Å²) >= 11 is 13.0. The maximum Gasteiger partial charge on any atom is 0.185 e. The highest BCUT2D eigenvalue weighted by atomic mass is 35.5. The molecule has 0 saturated heterocycles. The van der Waals surface area contributed by atoms with Crippen LogP contribution in [0.3, 0.4) is 0 Å². The van der Waals surface area contributed by atoms with Crippen LogP contribution in [0.1, 0.15) is 18.9 Å². The van der Waals surface area contributed by atoms with Gasteiger partial charge in [0.25, 0.3) is 0 Å². The lowest BCUT2D eigenvalue weighted by Crippen LogP contribution is -1.84. The van der Waals surface area contributed by atoms with Crippen LogP contribution >= 0.6 is 35.0 Å². The highest BCUT2D eigenvalue weighted by Crippen LogP contribution is 2.24. The van der Waals surface area contributed by atoms with Gasteiger partial charge in [-0.2, -0.15) is 0 Å². The van der Waals surface area contributed by atoms with Crippen LogP contribution in [-0.4, -0.2) is 15.9 Å². The van der Waals surface area contributed by atoms with Crippen LogP contribution in [0.4, 0.5) is 0 Å². The van der Waals surface area contributed by atoms with Crippen molar-refractivity contribution < 1.29 is 4.79 Å². The molecule has 5 heteroatoms. The van der Waals surface area contributed by atoms with Gasteiger partial charge in [0, 0.05) is 18.9 Å². The number of pyridine rings is 1. The minimum atomic E-state index is 0.137. The number of hydrogen-bond donors (Lipinski definition) is 0.